The Labute approximate surface area is 233 Å². The molecule has 0 amide bonds. The van der Waals surface area contributed by atoms with Crippen molar-refractivity contribution in [2.75, 3.05) is 26.2 Å². The average molecular weight is 526 g/mol. The quantitative estimate of drug-likeness (QED) is 0.139. The Kier molecular flexibility index (Phi) is 19.1. The van der Waals surface area contributed by atoms with Gasteiger partial charge < -0.3 is 14.7 Å². The molecule has 38 heavy (non-hydrogen) atoms. The van der Waals surface area contributed by atoms with Crippen LogP contribution in [0.3, 0.4) is 0 Å². The lowest BCUT2D eigenvalue weighted by Gasteiger charge is -2.35. The third-order valence-electron chi connectivity index (χ3n) is 8.07. The monoisotopic (exact) mass is 525 g/mol. The lowest BCUT2D eigenvalue weighted by Crippen LogP contribution is -2.48. The number of para-hydroxylation sites is 1. The molecule has 0 aliphatic heterocycles. The Bertz CT molecular complexity index is 824. The van der Waals surface area contributed by atoms with E-state index < -0.39 is 11.7 Å². The second kappa shape index (κ2) is 21.6. The second-order valence-corrected chi connectivity index (χ2v) is 10.6. The van der Waals surface area contributed by atoms with Crippen molar-refractivity contribution in [3.8, 4) is 5.75 Å². The standard InChI is InChI=1S/C27H50N.C7H6O3/c1-4-28(5-2,6-3)26-22-17-15-13-11-9-7-8-10-12-14-16-19-23-27-24-20-18-21-25-27;8-6-4-2-1-3-5(6)7(9)10/h18,20-21,24-25H,4-17,19,22-23,26H2,1-3H3;1-4,8H,(H,9,10)/q+1;/p-1. The zero-order chi connectivity index (χ0) is 27.9. The second-order valence-electron chi connectivity index (χ2n) is 10.6. The Balaban J connectivity index is 0.000000600. The molecule has 4 nitrogen and oxygen atoms in total. The first-order chi connectivity index (χ1) is 18.5. The molecule has 2 aromatic rings. The highest BCUT2D eigenvalue weighted by Gasteiger charge is 2.19. The number of carbonyl (C=O) groups is 1. The SMILES string of the molecule is CC[N+](CC)(CC)CCCCCCCCCCCCCCCc1ccccc1.O=C(O)c1ccccc1[O-]. The summed E-state index contributed by atoms with van der Waals surface area (Å²) in [5, 5.41) is 19.0. The van der Waals surface area contributed by atoms with Gasteiger partial charge in [-0.15, -0.1) is 0 Å². The molecule has 0 heterocycles. The van der Waals surface area contributed by atoms with Gasteiger partial charge in [-0.25, -0.2) is 4.79 Å². The molecule has 0 atom stereocenters. The van der Waals surface area contributed by atoms with Crippen molar-refractivity contribution in [3.05, 3.63) is 65.7 Å². The number of unbranched alkanes of at least 4 members (excludes halogenated alkanes) is 12. The molecule has 0 saturated heterocycles. The van der Waals surface area contributed by atoms with Crippen molar-refractivity contribution in [1.82, 2.24) is 0 Å². The predicted molar refractivity (Wildman–Crippen MR) is 160 cm³/mol. The Hall–Kier alpha value is -2.33. The number of hydrogen-bond donors (Lipinski definition) is 1. The van der Waals surface area contributed by atoms with Gasteiger partial charge in [-0.3, -0.25) is 0 Å². The maximum Gasteiger partial charge on any atom is 0.335 e. The molecular weight excluding hydrogens is 470 g/mol. The van der Waals surface area contributed by atoms with Gasteiger partial charge in [-0.1, -0.05) is 118 Å². The first-order valence-electron chi connectivity index (χ1n) is 15.4. The number of aryl methyl sites for hydroxylation is 1. The highest BCUT2D eigenvalue weighted by Crippen LogP contribution is 2.15. The number of rotatable bonds is 20. The van der Waals surface area contributed by atoms with E-state index in [-0.39, 0.29) is 5.56 Å². The van der Waals surface area contributed by atoms with Crippen LogP contribution in [-0.2, 0) is 6.42 Å². The normalized spacial score (nSPS) is 11.1. The maximum absolute atomic E-state index is 10.7. The number of benzene rings is 2. The predicted octanol–water partition coefficient (Wildman–Crippen LogP) is 8.64. The Morgan fingerprint density at radius 3 is 1.47 bits per heavy atom. The van der Waals surface area contributed by atoms with Gasteiger partial charge in [0.25, 0.3) is 0 Å². The van der Waals surface area contributed by atoms with Crippen molar-refractivity contribution in [1.29, 1.82) is 0 Å². The summed E-state index contributed by atoms with van der Waals surface area (Å²) in [5.74, 6) is -1.62. The summed E-state index contributed by atoms with van der Waals surface area (Å²) in [5.41, 5.74) is 1.32. The van der Waals surface area contributed by atoms with E-state index in [1.54, 1.807) is 0 Å². The van der Waals surface area contributed by atoms with Crippen LogP contribution in [0.25, 0.3) is 0 Å². The lowest BCUT2D eigenvalue weighted by atomic mass is 10.0. The fourth-order valence-corrected chi connectivity index (χ4v) is 5.15. The van der Waals surface area contributed by atoms with E-state index in [9.17, 15) is 9.90 Å². The minimum atomic E-state index is -1.18. The number of aromatic carboxylic acids is 1. The van der Waals surface area contributed by atoms with E-state index in [2.05, 4.69) is 51.1 Å². The van der Waals surface area contributed by atoms with Crippen LogP contribution in [0.2, 0.25) is 0 Å². The fraction of sp³-hybridized carbons (Fsp3) is 0.618. The van der Waals surface area contributed by atoms with Crippen LogP contribution in [0.1, 0.15) is 120 Å². The van der Waals surface area contributed by atoms with Gasteiger partial charge in [-0.05, 0) is 58.1 Å². The molecule has 0 radical (unpaired) electrons. The summed E-state index contributed by atoms with van der Waals surface area (Å²) in [7, 11) is 0. The highest BCUT2D eigenvalue weighted by molar-refractivity contribution is 5.90. The third-order valence-corrected chi connectivity index (χ3v) is 8.07. The molecular formula is C34H55NO3. The van der Waals surface area contributed by atoms with Gasteiger partial charge in [0.1, 0.15) is 0 Å². The molecule has 0 aliphatic carbocycles. The van der Waals surface area contributed by atoms with Crippen LogP contribution < -0.4 is 5.11 Å². The van der Waals surface area contributed by atoms with Crippen molar-refractivity contribution in [3.63, 3.8) is 0 Å². The van der Waals surface area contributed by atoms with Crippen LogP contribution >= 0.6 is 0 Å². The van der Waals surface area contributed by atoms with E-state index in [4.69, 9.17) is 5.11 Å². The van der Waals surface area contributed by atoms with E-state index in [0.29, 0.717) is 0 Å². The zero-order valence-corrected chi connectivity index (χ0v) is 24.6. The number of carboxylic acid groups (broad SMARTS) is 1. The number of quaternary nitrogens is 1. The largest absolute Gasteiger partial charge is 0.872 e. The summed E-state index contributed by atoms with van der Waals surface area (Å²) < 4.78 is 1.33. The number of nitrogens with zero attached hydrogens (tertiary/aromatic N) is 1. The smallest absolute Gasteiger partial charge is 0.335 e. The molecule has 0 aromatic heterocycles. The van der Waals surface area contributed by atoms with Crippen molar-refractivity contribution >= 4 is 5.97 Å². The van der Waals surface area contributed by atoms with E-state index in [1.165, 1.54) is 150 Å². The molecule has 4 heteroatoms. The van der Waals surface area contributed by atoms with Crippen molar-refractivity contribution in [2.24, 2.45) is 0 Å². The molecule has 1 N–H and O–H groups in total. The Morgan fingerprint density at radius 1 is 0.632 bits per heavy atom. The molecule has 0 unspecified atom stereocenters. The summed E-state index contributed by atoms with van der Waals surface area (Å²) >= 11 is 0. The number of carboxylic acids is 1. The molecule has 2 aromatic carbocycles. The van der Waals surface area contributed by atoms with Gasteiger partial charge >= 0.3 is 5.97 Å². The first-order valence-corrected chi connectivity index (χ1v) is 15.4. The summed E-state index contributed by atoms with van der Waals surface area (Å²) in [6.07, 6.45) is 20.0. The van der Waals surface area contributed by atoms with Crippen molar-refractivity contribution in [2.45, 2.75) is 111 Å². The first kappa shape index (κ1) is 33.7. The van der Waals surface area contributed by atoms with Gasteiger partial charge in [0.15, 0.2) is 0 Å². The van der Waals surface area contributed by atoms with Gasteiger partial charge in [-0.2, -0.15) is 0 Å². The lowest BCUT2D eigenvalue weighted by molar-refractivity contribution is -0.923. The molecule has 0 fully saturated rings. The van der Waals surface area contributed by atoms with Gasteiger partial charge in [0.2, 0.25) is 0 Å². The summed E-state index contributed by atoms with van der Waals surface area (Å²) in [4.78, 5) is 10.2. The van der Waals surface area contributed by atoms with Crippen LogP contribution in [-0.4, -0.2) is 41.7 Å². The molecule has 214 valence electrons. The fourth-order valence-electron chi connectivity index (χ4n) is 5.15. The average Bonchev–Trinajstić information content (AvgIpc) is 2.94. The zero-order valence-electron chi connectivity index (χ0n) is 24.6. The van der Waals surface area contributed by atoms with Crippen LogP contribution in [0.15, 0.2) is 54.6 Å². The molecule has 0 spiro atoms. The van der Waals surface area contributed by atoms with Crippen LogP contribution in [0.5, 0.6) is 5.75 Å². The Morgan fingerprint density at radius 2 is 1.05 bits per heavy atom. The molecule has 0 bridgehead atoms. The molecule has 2 rings (SSSR count). The van der Waals surface area contributed by atoms with Crippen LogP contribution in [0, 0.1) is 0 Å². The minimum Gasteiger partial charge on any atom is -0.872 e. The number of hydrogen-bond acceptors (Lipinski definition) is 2. The van der Waals surface area contributed by atoms with E-state index in [0.717, 1.165) is 0 Å². The van der Waals surface area contributed by atoms with E-state index in [1.807, 2.05) is 0 Å². The molecule has 0 saturated carbocycles. The van der Waals surface area contributed by atoms with E-state index >= 15 is 0 Å². The minimum absolute atomic E-state index is 0.178. The topological polar surface area (TPSA) is 60.4 Å². The van der Waals surface area contributed by atoms with Crippen molar-refractivity contribution < 1.29 is 19.5 Å². The third kappa shape index (κ3) is 15.2. The molecule has 0 aliphatic rings. The van der Waals surface area contributed by atoms with Gasteiger partial charge in [0, 0.05) is 0 Å². The van der Waals surface area contributed by atoms with Crippen LogP contribution in [0.4, 0.5) is 0 Å². The maximum atomic E-state index is 10.7. The summed E-state index contributed by atoms with van der Waals surface area (Å²) in [6, 6.07) is 16.5. The highest BCUT2D eigenvalue weighted by atomic mass is 16.4. The summed E-state index contributed by atoms with van der Waals surface area (Å²) in [6.45, 7) is 12.4. The van der Waals surface area contributed by atoms with Gasteiger partial charge in [0.05, 0.1) is 31.7 Å².